The van der Waals surface area contributed by atoms with Crippen LogP contribution in [0.25, 0.3) is 0 Å². The van der Waals surface area contributed by atoms with E-state index >= 15 is 0 Å². The van der Waals surface area contributed by atoms with Crippen LogP contribution in [0, 0.1) is 0 Å². The molecule has 1 heterocycles. The zero-order valence-electron chi connectivity index (χ0n) is 19.5. The number of hydrogen-bond donors (Lipinski definition) is 1. The lowest BCUT2D eigenvalue weighted by Crippen LogP contribution is -2.53. The van der Waals surface area contributed by atoms with Crippen molar-refractivity contribution < 1.29 is 14.4 Å². The Morgan fingerprint density at radius 3 is 2.03 bits per heavy atom. The van der Waals surface area contributed by atoms with Gasteiger partial charge in [0, 0.05) is 39.2 Å². The van der Waals surface area contributed by atoms with Gasteiger partial charge in [-0.2, -0.15) is 0 Å². The number of rotatable bonds is 5. The summed E-state index contributed by atoms with van der Waals surface area (Å²) in [5.41, 5.74) is 3.20. The molecule has 6 heteroatoms. The first-order chi connectivity index (χ1) is 16.5. The average molecular weight is 456 g/mol. The van der Waals surface area contributed by atoms with Crippen molar-refractivity contribution in [2.45, 2.75) is 18.9 Å². The van der Waals surface area contributed by atoms with Crippen molar-refractivity contribution in [3.05, 3.63) is 107 Å². The van der Waals surface area contributed by atoms with E-state index in [9.17, 15) is 14.4 Å². The van der Waals surface area contributed by atoms with Gasteiger partial charge in [-0.05, 0) is 28.8 Å². The molecule has 0 bridgehead atoms. The van der Waals surface area contributed by atoms with E-state index in [1.807, 2.05) is 83.8 Å². The van der Waals surface area contributed by atoms with Gasteiger partial charge >= 0.3 is 0 Å². The van der Waals surface area contributed by atoms with Crippen LogP contribution in [0.4, 0.5) is 0 Å². The zero-order chi connectivity index (χ0) is 24.1. The highest BCUT2D eigenvalue weighted by atomic mass is 16.2. The van der Waals surface area contributed by atoms with Crippen LogP contribution in [-0.2, 0) is 9.59 Å². The number of nitrogens with one attached hydrogen (secondary N) is 1. The molecular weight excluding hydrogens is 426 g/mol. The van der Waals surface area contributed by atoms with Gasteiger partial charge in [-0.25, -0.2) is 0 Å². The Morgan fingerprint density at radius 2 is 1.47 bits per heavy atom. The summed E-state index contributed by atoms with van der Waals surface area (Å²) in [7, 11) is 1.59. The minimum Gasteiger partial charge on any atom is -0.355 e. The molecule has 1 aliphatic heterocycles. The molecule has 3 aromatic carbocycles. The molecule has 1 atom stereocenters. The van der Waals surface area contributed by atoms with Crippen molar-refractivity contribution in [2.24, 2.45) is 0 Å². The Balaban J connectivity index is 1.75. The van der Waals surface area contributed by atoms with Gasteiger partial charge in [0.25, 0.3) is 5.91 Å². The fourth-order valence-corrected chi connectivity index (χ4v) is 4.58. The van der Waals surface area contributed by atoms with E-state index in [0.29, 0.717) is 25.2 Å². The molecule has 4 rings (SSSR count). The second kappa shape index (κ2) is 10.3. The fourth-order valence-electron chi connectivity index (χ4n) is 4.58. The quantitative estimate of drug-likeness (QED) is 0.639. The number of piperazine rings is 1. The molecule has 1 saturated heterocycles. The molecule has 1 aliphatic rings. The second-order valence-corrected chi connectivity index (χ2v) is 8.47. The Hall–Kier alpha value is -3.93. The van der Waals surface area contributed by atoms with Crippen LogP contribution in [0.1, 0.15) is 45.9 Å². The summed E-state index contributed by atoms with van der Waals surface area (Å²) in [6, 6.07) is 26.5. The predicted octanol–water partition coefficient (Wildman–Crippen LogP) is 3.61. The predicted molar refractivity (Wildman–Crippen MR) is 131 cm³/mol. The lowest BCUT2D eigenvalue weighted by molar-refractivity contribution is -0.142. The van der Waals surface area contributed by atoms with Crippen LogP contribution in [0.5, 0.6) is 0 Å². The van der Waals surface area contributed by atoms with Crippen LogP contribution < -0.4 is 5.32 Å². The summed E-state index contributed by atoms with van der Waals surface area (Å²) < 4.78 is 0. The normalized spacial score (nSPS) is 15.8. The van der Waals surface area contributed by atoms with Crippen molar-refractivity contribution in [1.29, 1.82) is 0 Å². The Kier molecular flexibility index (Phi) is 7.07. The van der Waals surface area contributed by atoms with Crippen molar-refractivity contribution in [3.8, 4) is 0 Å². The standard InChI is InChI=1S/C28H29N3O3/c1-20(32)30-16-17-31(25(19-30)23-14-9-15-24(18-23)27(33)29-2)28(34)26(21-10-5-3-6-11-21)22-12-7-4-8-13-22/h3-15,18,25-26H,16-17,19H2,1-2H3,(H,29,33)/t25-/m1/s1. The van der Waals surface area contributed by atoms with Gasteiger partial charge in [-0.1, -0.05) is 72.8 Å². The smallest absolute Gasteiger partial charge is 0.251 e. The average Bonchev–Trinajstić information content (AvgIpc) is 2.89. The molecule has 0 unspecified atom stereocenters. The monoisotopic (exact) mass is 455 g/mol. The van der Waals surface area contributed by atoms with Crippen LogP contribution in [0.2, 0.25) is 0 Å². The third kappa shape index (κ3) is 4.86. The van der Waals surface area contributed by atoms with Crippen LogP contribution in [0.3, 0.4) is 0 Å². The maximum atomic E-state index is 14.2. The summed E-state index contributed by atoms with van der Waals surface area (Å²) in [5.74, 6) is -0.695. The molecule has 0 spiro atoms. The SMILES string of the molecule is CNC(=O)c1cccc([C@H]2CN(C(C)=O)CCN2C(=O)C(c2ccccc2)c2ccccc2)c1. The second-order valence-electron chi connectivity index (χ2n) is 8.47. The number of hydrogen-bond acceptors (Lipinski definition) is 3. The van der Waals surface area contributed by atoms with Gasteiger partial charge in [-0.15, -0.1) is 0 Å². The first-order valence-electron chi connectivity index (χ1n) is 11.5. The van der Waals surface area contributed by atoms with Crippen molar-refractivity contribution in [2.75, 3.05) is 26.7 Å². The largest absolute Gasteiger partial charge is 0.355 e. The molecule has 174 valence electrons. The van der Waals surface area contributed by atoms with Crippen molar-refractivity contribution in [3.63, 3.8) is 0 Å². The first kappa shape index (κ1) is 23.2. The minimum absolute atomic E-state index is 0.0176. The number of carbonyl (C=O) groups excluding carboxylic acids is 3. The molecular formula is C28H29N3O3. The molecule has 1 N–H and O–H groups in total. The van der Waals surface area contributed by atoms with E-state index in [-0.39, 0.29) is 23.8 Å². The highest BCUT2D eigenvalue weighted by Crippen LogP contribution is 2.33. The number of amides is 3. The maximum Gasteiger partial charge on any atom is 0.251 e. The molecule has 0 aliphatic carbocycles. The van der Waals surface area contributed by atoms with Gasteiger partial charge < -0.3 is 15.1 Å². The maximum absolute atomic E-state index is 14.2. The van der Waals surface area contributed by atoms with Gasteiger partial charge in [0.2, 0.25) is 11.8 Å². The minimum atomic E-state index is -0.462. The summed E-state index contributed by atoms with van der Waals surface area (Å²) in [5, 5.41) is 2.65. The molecule has 3 aromatic rings. The zero-order valence-corrected chi connectivity index (χ0v) is 19.5. The lowest BCUT2D eigenvalue weighted by atomic mass is 9.88. The number of nitrogens with zero attached hydrogens (tertiary/aromatic N) is 2. The van der Waals surface area contributed by atoms with Crippen molar-refractivity contribution >= 4 is 17.7 Å². The molecule has 34 heavy (non-hydrogen) atoms. The molecule has 6 nitrogen and oxygen atoms in total. The van der Waals surface area contributed by atoms with Crippen LogP contribution in [0.15, 0.2) is 84.9 Å². The van der Waals surface area contributed by atoms with Crippen LogP contribution >= 0.6 is 0 Å². The van der Waals surface area contributed by atoms with E-state index in [4.69, 9.17) is 0 Å². The number of carbonyl (C=O) groups is 3. The summed E-state index contributed by atoms with van der Waals surface area (Å²) in [6.45, 7) is 2.83. The van der Waals surface area contributed by atoms with E-state index in [2.05, 4.69) is 5.32 Å². The van der Waals surface area contributed by atoms with Gasteiger partial charge in [-0.3, -0.25) is 14.4 Å². The molecule has 3 amide bonds. The van der Waals surface area contributed by atoms with E-state index in [1.165, 1.54) is 0 Å². The molecule has 0 saturated carbocycles. The Bertz CT molecular complexity index is 1120. The van der Waals surface area contributed by atoms with Gasteiger partial charge in [0.1, 0.15) is 0 Å². The van der Waals surface area contributed by atoms with Crippen LogP contribution in [-0.4, -0.2) is 54.2 Å². The highest BCUT2D eigenvalue weighted by Gasteiger charge is 2.37. The lowest BCUT2D eigenvalue weighted by Gasteiger charge is -2.43. The third-order valence-corrected chi connectivity index (χ3v) is 6.38. The Morgan fingerprint density at radius 1 is 0.853 bits per heavy atom. The Labute approximate surface area is 200 Å². The summed E-state index contributed by atoms with van der Waals surface area (Å²) in [6.07, 6.45) is 0. The molecule has 0 radical (unpaired) electrons. The van der Waals surface area contributed by atoms with E-state index < -0.39 is 5.92 Å². The van der Waals surface area contributed by atoms with Crippen molar-refractivity contribution in [1.82, 2.24) is 15.1 Å². The van der Waals surface area contributed by atoms with Gasteiger partial charge in [0.05, 0.1) is 12.0 Å². The molecule has 0 aromatic heterocycles. The van der Waals surface area contributed by atoms with E-state index in [0.717, 1.165) is 16.7 Å². The van der Waals surface area contributed by atoms with Gasteiger partial charge in [0.15, 0.2) is 0 Å². The first-order valence-corrected chi connectivity index (χ1v) is 11.5. The van der Waals surface area contributed by atoms with E-state index in [1.54, 1.807) is 24.9 Å². The summed E-state index contributed by atoms with van der Waals surface area (Å²) >= 11 is 0. The number of benzene rings is 3. The highest BCUT2D eigenvalue weighted by molar-refractivity contribution is 5.94. The summed E-state index contributed by atoms with van der Waals surface area (Å²) in [4.78, 5) is 42.3. The topological polar surface area (TPSA) is 69.7 Å². The third-order valence-electron chi connectivity index (χ3n) is 6.38. The molecule has 1 fully saturated rings. The fraction of sp³-hybridized carbons (Fsp3) is 0.250.